The summed E-state index contributed by atoms with van der Waals surface area (Å²) in [7, 11) is -4.51. The molecule has 0 radical (unpaired) electrons. The Bertz CT molecular complexity index is 1490. The van der Waals surface area contributed by atoms with Gasteiger partial charge >= 0.3 is 6.18 Å². The van der Waals surface area contributed by atoms with Gasteiger partial charge in [-0.15, -0.1) is 0 Å². The zero-order valence-corrected chi connectivity index (χ0v) is 24.5. The van der Waals surface area contributed by atoms with E-state index in [1.165, 1.54) is 49.4 Å². The molecular weight excluding hydrogens is 602 g/mol. The lowest BCUT2D eigenvalue weighted by Crippen LogP contribution is -2.51. The van der Waals surface area contributed by atoms with Gasteiger partial charge in [-0.1, -0.05) is 60.5 Å². The Morgan fingerprint density at radius 2 is 1.63 bits per heavy atom. The first kappa shape index (κ1) is 32.2. The lowest BCUT2D eigenvalue weighted by Gasteiger charge is -2.32. The highest BCUT2D eigenvalue weighted by atomic mass is 35.5. The molecule has 0 aliphatic heterocycles. The average molecular weight is 631 g/mol. The van der Waals surface area contributed by atoms with E-state index < -0.39 is 46.2 Å². The quantitative estimate of drug-likeness (QED) is 0.276. The van der Waals surface area contributed by atoms with Gasteiger partial charge in [0.2, 0.25) is 11.8 Å². The van der Waals surface area contributed by atoms with Crippen molar-refractivity contribution in [1.82, 2.24) is 10.2 Å². The van der Waals surface area contributed by atoms with Crippen LogP contribution < -0.4 is 9.62 Å². The van der Waals surface area contributed by atoms with E-state index in [1.807, 2.05) is 6.92 Å². The third-order valence-corrected chi connectivity index (χ3v) is 8.65. The van der Waals surface area contributed by atoms with E-state index in [9.17, 15) is 31.2 Å². The molecule has 0 spiro atoms. The predicted molar refractivity (Wildman–Crippen MR) is 152 cm³/mol. The van der Waals surface area contributed by atoms with Gasteiger partial charge < -0.3 is 10.2 Å². The number of amides is 2. The number of nitrogens with zero attached hydrogens (tertiary/aromatic N) is 2. The van der Waals surface area contributed by atoms with Crippen LogP contribution in [0.3, 0.4) is 0 Å². The minimum Gasteiger partial charge on any atom is -0.354 e. The van der Waals surface area contributed by atoms with Crippen LogP contribution >= 0.6 is 23.2 Å². The highest BCUT2D eigenvalue weighted by Crippen LogP contribution is 2.33. The van der Waals surface area contributed by atoms with E-state index in [4.69, 9.17) is 23.2 Å². The number of anilines is 1. The standard InChI is InChI=1S/C28H28Cl2F3N3O4S/c1-3-14-34-27(38)19(2)35(17-20-12-13-24(29)25(30)15-20)26(37)18-36(41(39,40)23-10-5-4-6-11-23)22-9-7-8-21(16-22)28(31,32)33/h4-13,15-16,19H,3,14,17-18H2,1-2H3,(H,34,38)/t19-/m1/s1. The zero-order valence-electron chi connectivity index (χ0n) is 22.2. The molecule has 3 aromatic carbocycles. The maximum atomic E-state index is 13.8. The molecule has 0 aliphatic carbocycles. The van der Waals surface area contributed by atoms with Gasteiger partial charge in [-0.3, -0.25) is 13.9 Å². The summed E-state index contributed by atoms with van der Waals surface area (Å²) in [6.45, 7) is 2.63. The van der Waals surface area contributed by atoms with Gasteiger partial charge in [0.15, 0.2) is 0 Å². The molecule has 2 amide bonds. The number of nitrogens with one attached hydrogen (secondary N) is 1. The number of benzene rings is 3. The monoisotopic (exact) mass is 629 g/mol. The Balaban J connectivity index is 2.08. The average Bonchev–Trinajstić information content (AvgIpc) is 2.94. The fraction of sp³-hybridized carbons (Fsp3) is 0.286. The summed E-state index contributed by atoms with van der Waals surface area (Å²) in [5.41, 5.74) is -0.954. The number of carbonyl (C=O) groups excluding carboxylic acids is 2. The molecule has 1 atom stereocenters. The normalized spacial score (nSPS) is 12.5. The van der Waals surface area contributed by atoms with Crippen LogP contribution in [0.1, 0.15) is 31.4 Å². The highest BCUT2D eigenvalue weighted by Gasteiger charge is 2.35. The number of sulfonamides is 1. The van der Waals surface area contributed by atoms with E-state index in [0.29, 0.717) is 28.9 Å². The molecule has 3 rings (SSSR count). The van der Waals surface area contributed by atoms with Crippen LogP contribution in [-0.2, 0) is 32.3 Å². The molecule has 41 heavy (non-hydrogen) atoms. The maximum absolute atomic E-state index is 13.8. The molecule has 13 heteroatoms. The van der Waals surface area contributed by atoms with Crippen LogP contribution in [0.2, 0.25) is 10.0 Å². The van der Waals surface area contributed by atoms with Gasteiger partial charge in [0, 0.05) is 13.1 Å². The van der Waals surface area contributed by atoms with Gasteiger partial charge in [-0.05, 0) is 61.4 Å². The number of hydrogen-bond acceptors (Lipinski definition) is 4. The number of alkyl halides is 3. The molecule has 0 saturated heterocycles. The van der Waals surface area contributed by atoms with E-state index >= 15 is 0 Å². The van der Waals surface area contributed by atoms with E-state index in [-0.39, 0.29) is 27.2 Å². The Morgan fingerprint density at radius 1 is 0.951 bits per heavy atom. The van der Waals surface area contributed by atoms with Gasteiger partial charge in [-0.2, -0.15) is 13.2 Å². The number of rotatable bonds is 11. The van der Waals surface area contributed by atoms with E-state index in [2.05, 4.69) is 5.32 Å². The molecule has 0 saturated carbocycles. The molecule has 0 heterocycles. The summed E-state index contributed by atoms with van der Waals surface area (Å²) in [6.07, 6.45) is -4.12. The van der Waals surface area contributed by atoms with Crippen LogP contribution in [0.5, 0.6) is 0 Å². The zero-order chi connectivity index (χ0) is 30.4. The van der Waals surface area contributed by atoms with Gasteiger partial charge in [0.05, 0.1) is 26.2 Å². The maximum Gasteiger partial charge on any atom is 0.416 e. The number of hydrogen-bond donors (Lipinski definition) is 1. The SMILES string of the molecule is CCCNC(=O)[C@@H](C)N(Cc1ccc(Cl)c(Cl)c1)C(=O)CN(c1cccc(C(F)(F)F)c1)S(=O)(=O)c1ccccc1. The van der Waals surface area contributed by atoms with Crippen molar-refractivity contribution in [3.05, 3.63) is 94.0 Å². The highest BCUT2D eigenvalue weighted by molar-refractivity contribution is 7.92. The summed E-state index contributed by atoms with van der Waals surface area (Å²) in [5.74, 6) is -1.32. The molecule has 0 bridgehead atoms. The van der Waals surface area contributed by atoms with Crippen LogP contribution in [0, 0.1) is 0 Å². The summed E-state index contributed by atoms with van der Waals surface area (Å²) in [6, 6.07) is 14.3. The van der Waals surface area contributed by atoms with Crippen molar-refractivity contribution in [1.29, 1.82) is 0 Å². The second-order valence-electron chi connectivity index (χ2n) is 9.11. The topological polar surface area (TPSA) is 86.8 Å². The molecule has 0 unspecified atom stereocenters. The Morgan fingerprint density at radius 3 is 2.24 bits per heavy atom. The minimum atomic E-state index is -4.76. The second-order valence-corrected chi connectivity index (χ2v) is 11.8. The van der Waals surface area contributed by atoms with Crippen molar-refractivity contribution in [2.75, 3.05) is 17.4 Å². The van der Waals surface area contributed by atoms with Crippen molar-refractivity contribution < 1.29 is 31.2 Å². The summed E-state index contributed by atoms with van der Waals surface area (Å²) < 4.78 is 68.6. The lowest BCUT2D eigenvalue weighted by molar-refractivity contribution is -0.139. The molecule has 3 aromatic rings. The van der Waals surface area contributed by atoms with Crippen LogP contribution in [0.25, 0.3) is 0 Å². The van der Waals surface area contributed by atoms with Crippen molar-refractivity contribution in [3.8, 4) is 0 Å². The predicted octanol–water partition coefficient (Wildman–Crippen LogP) is 6.15. The number of halogens is 5. The van der Waals surface area contributed by atoms with Gasteiger partial charge in [-0.25, -0.2) is 8.42 Å². The third-order valence-electron chi connectivity index (χ3n) is 6.12. The van der Waals surface area contributed by atoms with E-state index in [1.54, 1.807) is 12.1 Å². The first-order valence-corrected chi connectivity index (χ1v) is 14.7. The van der Waals surface area contributed by atoms with Crippen LogP contribution in [-0.4, -0.2) is 44.3 Å². The molecule has 0 aliphatic rings. The Hall–Kier alpha value is -3.28. The first-order valence-electron chi connectivity index (χ1n) is 12.5. The number of carbonyl (C=O) groups is 2. The summed E-state index contributed by atoms with van der Waals surface area (Å²) >= 11 is 12.1. The Kier molecular flexibility index (Phi) is 10.7. The molecular formula is C28H28Cl2F3N3O4S. The smallest absolute Gasteiger partial charge is 0.354 e. The van der Waals surface area contributed by atoms with Gasteiger partial charge in [0.1, 0.15) is 12.6 Å². The molecule has 1 N–H and O–H groups in total. The van der Waals surface area contributed by atoms with Crippen molar-refractivity contribution in [3.63, 3.8) is 0 Å². The summed E-state index contributed by atoms with van der Waals surface area (Å²) in [5, 5.41) is 3.18. The van der Waals surface area contributed by atoms with Crippen LogP contribution in [0.15, 0.2) is 77.7 Å². The summed E-state index contributed by atoms with van der Waals surface area (Å²) in [4.78, 5) is 27.6. The molecule has 220 valence electrons. The van der Waals surface area contributed by atoms with Crippen molar-refractivity contribution in [2.24, 2.45) is 0 Å². The fourth-order valence-corrected chi connectivity index (χ4v) is 5.65. The van der Waals surface area contributed by atoms with E-state index in [0.717, 1.165) is 17.0 Å². The molecule has 0 fully saturated rings. The first-order chi connectivity index (χ1) is 19.3. The Labute approximate surface area is 246 Å². The fourth-order valence-electron chi connectivity index (χ4n) is 3.90. The lowest BCUT2D eigenvalue weighted by atomic mass is 10.1. The second kappa shape index (κ2) is 13.6. The molecule has 0 aromatic heterocycles. The van der Waals surface area contributed by atoms with Crippen molar-refractivity contribution >= 4 is 50.7 Å². The van der Waals surface area contributed by atoms with Crippen LogP contribution in [0.4, 0.5) is 18.9 Å². The third kappa shape index (κ3) is 8.15. The largest absolute Gasteiger partial charge is 0.416 e. The molecule has 7 nitrogen and oxygen atoms in total. The minimum absolute atomic E-state index is 0.155. The van der Waals surface area contributed by atoms with Crippen molar-refractivity contribution in [2.45, 2.75) is 43.9 Å². The van der Waals surface area contributed by atoms with Gasteiger partial charge in [0.25, 0.3) is 10.0 Å².